The number of nitrogens with zero attached hydrogens (tertiary/aromatic N) is 1. The molecule has 12 heteroatoms. The first-order valence-corrected chi connectivity index (χ1v) is 11.6. The number of alkyl carbamates (subject to hydrolysis) is 2. The van der Waals surface area contributed by atoms with Crippen LogP contribution in [0.25, 0.3) is 0 Å². The summed E-state index contributed by atoms with van der Waals surface area (Å²) in [7, 11) is 0. The number of ether oxygens (including phenoxy) is 2. The van der Waals surface area contributed by atoms with Gasteiger partial charge in [0, 0.05) is 65.2 Å². The van der Waals surface area contributed by atoms with E-state index in [2.05, 4.69) is 21.3 Å². The molecule has 0 aliphatic heterocycles. The summed E-state index contributed by atoms with van der Waals surface area (Å²) < 4.78 is 10.2. The molecule has 34 heavy (non-hydrogen) atoms. The van der Waals surface area contributed by atoms with Crippen LogP contribution in [0, 0.1) is 0 Å². The number of nitrogens with two attached hydrogens (primary N) is 1. The second-order valence-electron chi connectivity index (χ2n) is 9.69. The van der Waals surface area contributed by atoms with E-state index in [0.717, 1.165) is 0 Å². The fourth-order valence-corrected chi connectivity index (χ4v) is 2.58. The summed E-state index contributed by atoms with van der Waals surface area (Å²) in [4.78, 5) is 49.1. The average Bonchev–Trinajstić information content (AvgIpc) is 2.68. The molecule has 0 aromatic carbocycles. The summed E-state index contributed by atoms with van der Waals surface area (Å²) in [5.41, 5.74) is 4.48. The zero-order valence-electron chi connectivity index (χ0n) is 21.5. The largest absolute Gasteiger partial charge is 0.444 e. The lowest BCUT2D eigenvalue weighted by atomic mass is 10.2. The van der Waals surface area contributed by atoms with Crippen molar-refractivity contribution in [2.75, 3.05) is 52.4 Å². The first-order valence-electron chi connectivity index (χ1n) is 11.6. The molecule has 0 fully saturated rings. The highest BCUT2D eigenvalue weighted by atomic mass is 16.6. The minimum atomic E-state index is -0.576. The lowest BCUT2D eigenvalue weighted by Crippen LogP contribution is -2.40. The van der Waals surface area contributed by atoms with Gasteiger partial charge in [0.25, 0.3) is 0 Å². The molecule has 0 heterocycles. The number of hydrogen-bond acceptors (Lipinski definition) is 8. The maximum absolute atomic E-state index is 12.0. The Balaban J connectivity index is 4.04. The molecule has 0 aliphatic carbocycles. The van der Waals surface area contributed by atoms with Crippen molar-refractivity contribution in [1.82, 2.24) is 26.2 Å². The molecular formula is C22H44N6O6. The van der Waals surface area contributed by atoms with Crippen molar-refractivity contribution in [2.45, 2.75) is 65.6 Å². The molecule has 6 N–H and O–H groups in total. The van der Waals surface area contributed by atoms with Crippen LogP contribution < -0.4 is 27.0 Å². The molecule has 0 atom stereocenters. The summed E-state index contributed by atoms with van der Waals surface area (Å²) >= 11 is 0. The quantitative estimate of drug-likeness (QED) is 0.218. The maximum Gasteiger partial charge on any atom is 0.407 e. The molecule has 12 nitrogen and oxygen atoms in total. The van der Waals surface area contributed by atoms with Gasteiger partial charge < -0.3 is 41.4 Å². The van der Waals surface area contributed by atoms with Gasteiger partial charge >= 0.3 is 12.2 Å². The average molecular weight is 489 g/mol. The lowest BCUT2D eigenvalue weighted by Gasteiger charge is -2.21. The number of carbonyl (C=O) groups is 4. The number of hydrogen-bond donors (Lipinski definition) is 5. The van der Waals surface area contributed by atoms with Crippen molar-refractivity contribution in [1.29, 1.82) is 0 Å². The number of nitrogens with one attached hydrogen (secondary N) is 4. The third-order valence-electron chi connectivity index (χ3n) is 3.99. The third-order valence-corrected chi connectivity index (χ3v) is 3.99. The first kappa shape index (κ1) is 31.4. The van der Waals surface area contributed by atoms with Crippen molar-refractivity contribution >= 4 is 24.0 Å². The number of carbonyl (C=O) groups excluding carboxylic acids is 4. The zero-order valence-corrected chi connectivity index (χ0v) is 21.5. The van der Waals surface area contributed by atoms with Gasteiger partial charge in [0.2, 0.25) is 11.8 Å². The monoisotopic (exact) mass is 488 g/mol. The predicted octanol–water partition coefficient (Wildman–Crippen LogP) is 0.309. The predicted molar refractivity (Wildman–Crippen MR) is 129 cm³/mol. The van der Waals surface area contributed by atoms with E-state index in [1.165, 1.54) is 0 Å². The van der Waals surface area contributed by atoms with Gasteiger partial charge in [0.15, 0.2) is 0 Å². The van der Waals surface area contributed by atoms with E-state index in [1.807, 2.05) is 4.90 Å². The van der Waals surface area contributed by atoms with E-state index < -0.39 is 23.4 Å². The van der Waals surface area contributed by atoms with Gasteiger partial charge in [-0.2, -0.15) is 0 Å². The Labute approximate surface area is 203 Å². The van der Waals surface area contributed by atoms with Gasteiger partial charge in [-0.05, 0) is 41.5 Å². The van der Waals surface area contributed by atoms with Gasteiger partial charge in [-0.3, -0.25) is 9.59 Å². The van der Waals surface area contributed by atoms with Crippen molar-refractivity contribution in [3.8, 4) is 0 Å². The van der Waals surface area contributed by atoms with Gasteiger partial charge in [0.1, 0.15) is 11.2 Å². The minimum absolute atomic E-state index is 0.161. The smallest absolute Gasteiger partial charge is 0.407 e. The maximum atomic E-state index is 12.0. The van der Waals surface area contributed by atoms with Crippen molar-refractivity contribution in [3.05, 3.63) is 0 Å². The SMILES string of the molecule is CC(C)(C)OC(=O)NCCNC(=O)CCN(CCN)CCC(=O)NCCNC(=O)OC(C)(C)C. The number of rotatable bonds is 14. The van der Waals surface area contributed by atoms with Gasteiger partial charge in [0.05, 0.1) is 0 Å². The molecule has 0 rings (SSSR count). The van der Waals surface area contributed by atoms with Gasteiger partial charge in [-0.25, -0.2) is 9.59 Å². The molecule has 198 valence electrons. The molecule has 0 aliphatic rings. The Morgan fingerprint density at radius 1 is 0.647 bits per heavy atom. The van der Waals surface area contributed by atoms with Crippen molar-refractivity contribution in [2.24, 2.45) is 5.73 Å². The Kier molecular flexibility index (Phi) is 14.9. The van der Waals surface area contributed by atoms with Crippen LogP contribution >= 0.6 is 0 Å². The molecular weight excluding hydrogens is 444 g/mol. The van der Waals surface area contributed by atoms with E-state index >= 15 is 0 Å². The van der Waals surface area contributed by atoms with E-state index in [1.54, 1.807) is 41.5 Å². The Morgan fingerprint density at radius 3 is 1.32 bits per heavy atom. The first-order chi connectivity index (χ1) is 15.7. The van der Waals surface area contributed by atoms with Gasteiger partial charge in [-0.15, -0.1) is 0 Å². The van der Waals surface area contributed by atoms with Crippen LogP contribution in [0.15, 0.2) is 0 Å². The topological polar surface area (TPSA) is 164 Å². The normalized spacial score (nSPS) is 11.5. The molecule has 0 saturated carbocycles. The molecule has 0 aromatic rings. The van der Waals surface area contributed by atoms with E-state index in [9.17, 15) is 19.2 Å². The molecule has 0 unspecified atom stereocenters. The van der Waals surface area contributed by atoms with E-state index in [-0.39, 0.29) is 50.8 Å². The summed E-state index contributed by atoms with van der Waals surface area (Å²) in [6.07, 6.45) is -0.577. The summed E-state index contributed by atoms with van der Waals surface area (Å²) in [5.74, 6) is -0.323. The fraction of sp³-hybridized carbons (Fsp3) is 0.818. The summed E-state index contributed by atoms with van der Waals surface area (Å²) in [5, 5.41) is 10.6. The highest BCUT2D eigenvalue weighted by Gasteiger charge is 2.16. The Hall–Kier alpha value is -2.60. The molecule has 0 radical (unpaired) electrons. The van der Waals surface area contributed by atoms with Gasteiger partial charge in [-0.1, -0.05) is 0 Å². The second kappa shape index (κ2) is 16.1. The van der Waals surface area contributed by atoms with Crippen LogP contribution in [0.4, 0.5) is 9.59 Å². The highest BCUT2D eigenvalue weighted by Crippen LogP contribution is 2.06. The van der Waals surface area contributed by atoms with Crippen LogP contribution in [0.5, 0.6) is 0 Å². The summed E-state index contributed by atoms with van der Waals surface area (Å²) in [6.45, 7) is 13.6. The highest BCUT2D eigenvalue weighted by molar-refractivity contribution is 5.77. The standard InChI is InChI=1S/C22H44N6O6/c1-21(2,3)33-19(31)26-12-10-24-17(29)7-14-28(16-9-23)15-8-18(30)25-11-13-27-20(32)34-22(4,5)6/h7-16,23H2,1-6H3,(H,24,29)(H,25,30)(H,26,31)(H,27,32). The Bertz CT molecular complexity index is 593. The van der Waals surface area contributed by atoms with Crippen LogP contribution in [-0.4, -0.2) is 92.5 Å². The summed E-state index contributed by atoms with van der Waals surface area (Å²) in [6, 6.07) is 0. The molecule has 0 saturated heterocycles. The van der Waals surface area contributed by atoms with Crippen LogP contribution in [0.3, 0.4) is 0 Å². The third kappa shape index (κ3) is 20.0. The van der Waals surface area contributed by atoms with E-state index in [4.69, 9.17) is 15.2 Å². The molecule has 0 spiro atoms. The van der Waals surface area contributed by atoms with E-state index in [0.29, 0.717) is 26.2 Å². The van der Waals surface area contributed by atoms with Crippen molar-refractivity contribution < 1.29 is 28.7 Å². The lowest BCUT2D eigenvalue weighted by molar-refractivity contribution is -0.121. The minimum Gasteiger partial charge on any atom is -0.444 e. The van der Waals surface area contributed by atoms with Crippen LogP contribution in [-0.2, 0) is 19.1 Å². The van der Waals surface area contributed by atoms with Crippen LogP contribution in [0.2, 0.25) is 0 Å². The van der Waals surface area contributed by atoms with Crippen LogP contribution in [0.1, 0.15) is 54.4 Å². The molecule has 0 aromatic heterocycles. The zero-order chi connectivity index (χ0) is 26.2. The molecule has 4 amide bonds. The number of amides is 4. The van der Waals surface area contributed by atoms with Crippen molar-refractivity contribution in [3.63, 3.8) is 0 Å². The fourth-order valence-electron chi connectivity index (χ4n) is 2.58. The Morgan fingerprint density at radius 2 is 1.00 bits per heavy atom. The molecule has 0 bridgehead atoms. The second-order valence-corrected chi connectivity index (χ2v) is 9.69.